The Balaban J connectivity index is 1.95. The lowest BCUT2D eigenvalue weighted by Gasteiger charge is -2.23. The maximum absolute atomic E-state index is 4.60. The average molecular weight is 338 g/mol. The molecule has 0 spiro atoms. The minimum Gasteiger partial charge on any atom is -0.367 e. The molecule has 0 unspecified atom stereocenters. The van der Waals surface area contributed by atoms with E-state index >= 15 is 0 Å². The van der Waals surface area contributed by atoms with E-state index in [0.717, 1.165) is 30.1 Å². The minimum absolute atomic E-state index is 0.347. The Hall–Kier alpha value is -2.47. The van der Waals surface area contributed by atoms with Crippen LogP contribution in [0, 0.1) is 0 Å². The molecular weight excluding hydrogens is 312 g/mol. The van der Waals surface area contributed by atoms with Crippen LogP contribution in [0.4, 0.5) is 5.69 Å². The maximum atomic E-state index is 4.60. The molecule has 6 heteroatoms. The lowest BCUT2D eigenvalue weighted by molar-refractivity contribution is 0.401. The normalized spacial score (nSPS) is 11.6. The second-order valence-electron chi connectivity index (χ2n) is 7.07. The first kappa shape index (κ1) is 17.4. The molecule has 0 atom stereocenters. The smallest absolute Gasteiger partial charge is 0.200 e. The van der Waals surface area contributed by atoms with Gasteiger partial charge in [0.05, 0.1) is 11.4 Å². The number of nitrogens with zero attached hydrogens (tertiary/aromatic N) is 6. The summed E-state index contributed by atoms with van der Waals surface area (Å²) in [7, 11) is 6.29. The molecule has 3 rings (SSSR count). The van der Waals surface area contributed by atoms with E-state index in [1.165, 1.54) is 11.1 Å². The topological polar surface area (TPSA) is 49.6 Å². The highest BCUT2D eigenvalue weighted by atomic mass is 15.4. The number of fused-ring (bicyclic) bond motifs is 1. The SMILES string of the molecule is CC(C)c1cc(N(C)Cc2ccccc2CN(C)C)c2nncn2n1. The Morgan fingerprint density at radius 1 is 1.04 bits per heavy atom. The van der Waals surface area contributed by atoms with E-state index in [2.05, 4.69) is 90.4 Å². The van der Waals surface area contributed by atoms with E-state index in [9.17, 15) is 0 Å². The summed E-state index contributed by atoms with van der Waals surface area (Å²) < 4.78 is 1.77. The number of rotatable bonds is 6. The molecule has 0 aliphatic heterocycles. The fraction of sp³-hybridized carbons (Fsp3) is 0.421. The molecule has 0 amide bonds. The van der Waals surface area contributed by atoms with Gasteiger partial charge in [-0.05, 0) is 37.2 Å². The van der Waals surface area contributed by atoms with Crippen molar-refractivity contribution in [3.8, 4) is 0 Å². The van der Waals surface area contributed by atoms with Crippen LogP contribution in [0.5, 0.6) is 0 Å². The Kier molecular flexibility index (Phi) is 4.99. The summed E-state index contributed by atoms with van der Waals surface area (Å²) in [5, 5.41) is 12.9. The third kappa shape index (κ3) is 3.79. The number of aromatic nitrogens is 4. The Bertz CT molecular complexity index is 852. The van der Waals surface area contributed by atoms with Crippen molar-refractivity contribution in [2.24, 2.45) is 0 Å². The molecule has 1 aromatic carbocycles. The zero-order valence-corrected chi connectivity index (χ0v) is 15.6. The lowest BCUT2D eigenvalue weighted by atomic mass is 10.1. The van der Waals surface area contributed by atoms with Gasteiger partial charge in [0, 0.05) is 20.1 Å². The zero-order valence-electron chi connectivity index (χ0n) is 15.6. The van der Waals surface area contributed by atoms with E-state index in [-0.39, 0.29) is 0 Å². The molecule has 0 N–H and O–H groups in total. The summed E-state index contributed by atoms with van der Waals surface area (Å²) >= 11 is 0. The first-order chi connectivity index (χ1) is 12.0. The van der Waals surface area contributed by atoms with Crippen molar-refractivity contribution in [3.05, 3.63) is 53.5 Å². The standard InChI is InChI=1S/C19H26N6/c1-14(2)17-10-18(19-21-20-13-25(19)22-17)24(5)12-16-9-7-6-8-15(16)11-23(3)4/h6-10,13-14H,11-12H2,1-5H3. The summed E-state index contributed by atoms with van der Waals surface area (Å²) in [5.41, 5.74) is 5.54. The average Bonchev–Trinajstić information content (AvgIpc) is 3.03. The Morgan fingerprint density at radius 3 is 2.36 bits per heavy atom. The predicted octanol–water partition coefficient (Wildman–Crippen LogP) is 2.95. The highest BCUT2D eigenvalue weighted by Crippen LogP contribution is 2.25. The molecule has 2 aromatic heterocycles. The molecule has 0 aliphatic rings. The van der Waals surface area contributed by atoms with Crippen LogP contribution in [-0.2, 0) is 13.1 Å². The van der Waals surface area contributed by atoms with Crippen molar-refractivity contribution in [2.45, 2.75) is 32.9 Å². The fourth-order valence-corrected chi connectivity index (χ4v) is 2.94. The van der Waals surface area contributed by atoms with E-state index in [0.29, 0.717) is 5.92 Å². The molecule has 0 saturated heterocycles. The molecule has 0 saturated carbocycles. The van der Waals surface area contributed by atoms with E-state index < -0.39 is 0 Å². The van der Waals surface area contributed by atoms with Crippen molar-refractivity contribution in [1.29, 1.82) is 0 Å². The van der Waals surface area contributed by atoms with Crippen molar-refractivity contribution >= 4 is 11.3 Å². The first-order valence-corrected chi connectivity index (χ1v) is 8.59. The number of hydrogen-bond donors (Lipinski definition) is 0. The van der Waals surface area contributed by atoms with Crippen LogP contribution in [0.3, 0.4) is 0 Å². The summed E-state index contributed by atoms with van der Waals surface area (Å²) in [4.78, 5) is 4.42. The largest absolute Gasteiger partial charge is 0.367 e. The molecule has 0 radical (unpaired) electrons. The minimum atomic E-state index is 0.347. The second kappa shape index (κ2) is 7.19. The van der Waals surface area contributed by atoms with Gasteiger partial charge in [-0.3, -0.25) is 0 Å². The van der Waals surface area contributed by atoms with Gasteiger partial charge in [0.25, 0.3) is 0 Å². The van der Waals surface area contributed by atoms with Crippen molar-refractivity contribution in [3.63, 3.8) is 0 Å². The van der Waals surface area contributed by atoms with Gasteiger partial charge in [-0.25, -0.2) is 0 Å². The number of benzene rings is 1. The monoisotopic (exact) mass is 338 g/mol. The molecule has 6 nitrogen and oxygen atoms in total. The van der Waals surface area contributed by atoms with Crippen LogP contribution < -0.4 is 4.90 Å². The summed E-state index contributed by atoms with van der Waals surface area (Å²) in [6.45, 7) is 6.04. The van der Waals surface area contributed by atoms with Crippen LogP contribution in [0.25, 0.3) is 5.65 Å². The van der Waals surface area contributed by atoms with E-state index in [4.69, 9.17) is 0 Å². The van der Waals surface area contributed by atoms with Crippen LogP contribution in [0.1, 0.15) is 36.6 Å². The van der Waals surface area contributed by atoms with Crippen LogP contribution >= 0.6 is 0 Å². The number of anilines is 1. The maximum Gasteiger partial charge on any atom is 0.200 e. The van der Waals surface area contributed by atoms with Gasteiger partial charge in [0.1, 0.15) is 6.33 Å². The Labute approximate surface area is 149 Å². The molecule has 25 heavy (non-hydrogen) atoms. The van der Waals surface area contributed by atoms with Gasteiger partial charge in [0.15, 0.2) is 0 Å². The highest BCUT2D eigenvalue weighted by Gasteiger charge is 2.15. The zero-order chi connectivity index (χ0) is 18.0. The third-order valence-electron chi connectivity index (χ3n) is 4.28. The molecule has 0 aliphatic carbocycles. The number of hydrogen-bond acceptors (Lipinski definition) is 5. The molecular formula is C19H26N6. The van der Waals surface area contributed by atoms with Crippen molar-refractivity contribution < 1.29 is 0 Å². The quantitative estimate of drug-likeness (QED) is 0.692. The van der Waals surface area contributed by atoms with Gasteiger partial charge in [-0.1, -0.05) is 38.1 Å². The molecule has 132 valence electrons. The fourth-order valence-electron chi connectivity index (χ4n) is 2.94. The molecule has 0 fully saturated rings. The Morgan fingerprint density at radius 2 is 1.72 bits per heavy atom. The second-order valence-corrected chi connectivity index (χ2v) is 7.07. The van der Waals surface area contributed by atoms with Gasteiger partial charge >= 0.3 is 0 Å². The van der Waals surface area contributed by atoms with Crippen LogP contribution in [-0.4, -0.2) is 45.9 Å². The summed E-state index contributed by atoms with van der Waals surface area (Å²) in [6.07, 6.45) is 1.67. The lowest BCUT2D eigenvalue weighted by Crippen LogP contribution is -2.21. The highest BCUT2D eigenvalue weighted by molar-refractivity contribution is 5.68. The first-order valence-electron chi connectivity index (χ1n) is 8.59. The summed E-state index contributed by atoms with van der Waals surface area (Å²) in [5.74, 6) is 0.347. The van der Waals surface area contributed by atoms with Gasteiger partial charge in [0.2, 0.25) is 5.65 Å². The van der Waals surface area contributed by atoms with Crippen molar-refractivity contribution in [1.82, 2.24) is 24.7 Å². The van der Waals surface area contributed by atoms with E-state index in [1.54, 1.807) is 10.8 Å². The van der Waals surface area contributed by atoms with Gasteiger partial charge < -0.3 is 9.80 Å². The molecule has 0 bridgehead atoms. The van der Waals surface area contributed by atoms with Crippen LogP contribution in [0.2, 0.25) is 0 Å². The van der Waals surface area contributed by atoms with Crippen molar-refractivity contribution in [2.75, 3.05) is 26.0 Å². The van der Waals surface area contributed by atoms with E-state index in [1.807, 2.05) is 0 Å². The predicted molar refractivity (Wildman–Crippen MR) is 101 cm³/mol. The van der Waals surface area contributed by atoms with Gasteiger partial charge in [-0.2, -0.15) is 9.61 Å². The van der Waals surface area contributed by atoms with Crippen LogP contribution in [0.15, 0.2) is 36.7 Å². The summed E-state index contributed by atoms with van der Waals surface area (Å²) in [6, 6.07) is 10.7. The third-order valence-corrected chi connectivity index (χ3v) is 4.28. The molecule has 2 heterocycles. The van der Waals surface area contributed by atoms with Gasteiger partial charge in [-0.15, -0.1) is 10.2 Å². The molecule has 3 aromatic rings.